The molecule has 0 aliphatic carbocycles. The summed E-state index contributed by atoms with van der Waals surface area (Å²) in [7, 11) is 0. The standard InChI is InChI=1S/C17H29N3O/c1-5-21-16-7-6-8-20(12-16)17-9-14(4)19-11-15(17)10-18-13(2)3/h9,11,13,16,18H,5-8,10,12H2,1-4H3. The maximum Gasteiger partial charge on any atom is 0.0750 e. The molecule has 1 saturated heterocycles. The molecule has 1 aromatic heterocycles. The summed E-state index contributed by atoms with van der Waals surface area (Å²) in [5, 5.41) is 3.50. The fourth-order valence-corrected chi connectivity index (χ4v) is 2.85. The van der Waals surface area contributed by atoms with Crippen molar-refractivity contribution in [3.05, 3.63) is 23.5 Å². The van der Waals surface area contributed by atoms with Crippen LogP contribution in [0.1, 0.15) is 44.9 Å². The molecule has 2 rings (SSSR count). The van der Waals surface area contributed by atoms with Gasteiger partial charge in [0.05, 0.1) is 6.10 Å². The first-order valence-corrected chi connectivity index (χ1v) is 8.15. The van der Waals surface area contributed by atoms with Crippen LogP contribution in [0.5, 0.6) is 0 Å². The largest absolute Gasteiger partial charge is 0.377 e. The Morgan fingerprint density at radius 1 is 1.48 bits per heavy atom. The summed E-state index contributed by atoms with van der Waals surface area (Å²) >= 11 is 0. The second kappa shape index (κ2) is 7.76. The first-order valence-electron chi connectivity index (χ1n) is 8.15. The maximum atomic E-state index is 5.83. The van der Waals surface area contributed by atoms with Crippen LogP contribution >= 0.6 is 0 Å². The molecule has 1 aliphatic heterocycles. The van der Waals surface area contributed by atoms with Crippen molar-refractivity contribution in [3.63, 3.8) is 0 Å². The Labute approximate surface area is 128 Å². The maximum absolute atomic E-state index is 5.83. The molecule has 0 radical (unpaired) electrons. The summed E-state index contributed by atoms with van der Waals surface area (Å²) in [6.07, 6.45) is 4.75. The highest BCUT2D eigenvalue weighted by Crippen LogP contribution is 2.25. The van der Waals surface area contributed by atoms with Crippen molar-refractivity contribution < 1.29 is 4.74 Å². The van der Waals surface area contributed by atoms with Crippen LogP contribution in [-0.4, -0.2) is 36.8 Å². The fourth-order valence-electron chi connectivity index (χ4n) is 2.85. The van der Waals surface area contributed by atoms with E-state index in [1.54, 1.807) is 0 Å². The van der Waals surface area contributed by atoms with E-state index >= 15 is 0 Å². The molecular weight excluding hydrogens is 262 g/mol. The number of rotatable bonds is 6. The van der Waals surface area contributed by atoms with E-state index in [0.717, 1.165) is 31.9 Å². The summed E-state index contributed by atoms with van der Waals surface area (Å²) in [4.78, 5) is 6.94. The number of hydrogen-bond acceptors (Lipinski definition) is 4. The van der Waals surface area contributed by atoms with Crippen LogP contribution in [0.25, 0.3) is 0 Å². The van der Waals surface area contributed by atoms with Crippen molar-refractivity contribution in [2.75, 3.05) is 24.6 Å². The summed E-state index contributed by atoms with van der Waals surface area (Å²) in [5.74, 6) is 0. The molecule has 0 amide bonds. The first-order chi connectivity index (χ1) is 10.1. The normalized spacial score (nSPS) is 19.3. The van der Waals surface area contributed by atoms with Crippen molar-refractivity contribution in [3.8, 4) is 0 Å². The number of anilines is 1. The number of pyridine rings is 1. The number of ether oxygens (including phenoxy) is 1. The van der Waals surface area contributed by atoms with Gasteiger partial charge in [0.25, 0.3) is 0 Å². The molecular formula is C17H29N3O. The molecule has 2 heterocycles. The van der Waals surface area contributed by atoms with Gasteiger partial charge in [0.15, 0.2) is 0 Å². The molecule has 0 spiro atoms. The van der Waals surface area contributed by atoms with Crippen molar-refractivity contribution in [2.24, 2.45) is 0 Å². The zero-order chi connectivity index (χ0) is 15.2. The Kier molecular flexibility index (Phi) is 6.00. The van der Waals surface area contributed by atoms with E-state index in [1.165, 1.54) is 24.1 Å². The number of piperidine rings is 1. The van der Waals surface area contributed by atoms with Gasteiger partial charge in [-0.2, -0.15) is 0 Å². The lowest BCUT2D eigenvalue weighted by Gasteiger charge is -2.35. The minimum Gasteiger partial charge on any atom is -0.377 e. The zero-order valence-corrected chi connectivity index (χ0v) is 13.9. The highest BCUT2D eigenvalue weighted by Gasteiger charge is 2.22. The average molecular weight is 291 g/mol. The molecule has 1 unspecified atom stereocenters. The van der Waals surface area contributed by atoms with Gasteiger partial charge < -0.3 is 15.0 Å². The number of aryl methyl sites for hydroxylation is 1. The van der Waals surface area contributed by atoms with Crippen LogP contribution in [-0.2, 0) is 11.3 Å². The molecule has 1 aromatic rings. The Hall–Kier alpha value is -1.13. The number of nitrogens with zero attached hydrogens (tertiary/aromatic N) is 2. The Bertz CT molecular complexity index is 446. The Balaban J connectivity index is 2.14. The van der Waals surface area contributed by atoms with Gasteiger partial charge in [-0.05, 0) is 32.8 Å². The van der Waals surface area contributed by atoms with Gasteiger partial charge in [-0.3, -0.25) is 4.98 Å². The molecule has 4 nitrogen and oxygen atoms in total. The Morgan fingerprint density at radius 2 is 2.29 bits per heavy atom. The SMILES string of the molecule is CCOC1CCCN(c2cc(C)ncc2CNC(C)C)C1. The van der Waals surface area contributed by atoms with Crippen LogP contribution in [0.15, 0.2) is 12.3 Å². The van der Waals surface area contributed by atoms with Crippen LogP contribution < -0.4 is 10.2 Å². The third kappa shape index (κ3) is 4.68. The molecule has 1 aliphatic rings. The molecule has 4 heteroatoms. The lowest BCUT2D eigenvalue weighted by atomic mass is 10.1. The summed E-state index contributed by atoms with van der Waals surface area (Å²) in [6.45, 7) is 12.3. The number of hydrogen-bond donors (Lipinski definition) is 1. The van der Waals surface area contributed by atoms with Gasteiger partial charge in [-0.15, -0.1) is 0 Å². The third-order valence-electron chi connectivity index (χ3n) is 3.92. The second-order valence-corrected chi connectivity index (χ2v) is 6.16. The van der Waals surface area contributed by atoms with Gasteiger partial charge in [0, 0.05) is 55.4 Å². The second-order valence-electron chi connectivity index (χ2n) is 6.16. The third-order valence-corrected chi connectivity index (χ3v) is 3.92. The number of aromatic nitrogens is 1. The monoisotopic (exact) mass is 291 g/mol. The molecule has 1 fully saturated rings. The Morgan fingerprint density at radius 3 is 3.00 bits per heavy atom. The molecule has 0 aromatic carbocycles. The lowest BCUT2D eigenvalue weighted by molar-refractivity contribution is 0.0526. The predicted molar refractivity (Wildman–Crippen MR) is 87.8 cm³/mol. The highest BCUT2D eigenvalue weighted by molar-refractivity contribution is 5.54. The van der Waals surface area contributed by atoms with Crippen LogP contribution in [0.2, 0.25) is 0 Å². The van der Waals surface area contributed by atoms with Gasteiger partial charge in [0.1, 0.15) is 0 Å². The van der Waals surface area contributed by atoms with Crippen LogP contribution in [0, 0.1) is 6.92 Å². The van der Waals surface area contributed by atoms with Gasteiger partial charge in [-0.25, -0.2) is 0 Å². The molecule has 118 valence electrons. The average Bonchev–Trinajstić information content (AvgIpc) is 2.46. The van der Waals surface area contributed by atoms with E-state index in [-0.39, 0.29) is 0 Å². The van der Waals surface area contributed by atoms with E-state index < -0.39 is 0 Å². The van der Waals surface area contributed by atoms with E-state index in [1.807, 2.05) is 6.20 Å². The smallest absolute Gasteiger partial charge is 0.0750 e. The van der Waals surface area contributed by atoms with Crippen molar-refractivity contribution in [2.45, 2.75) is 59.2 Å². The fraction of sp³-hybridized carbons (Fsp3) is 0.706. The molecule has 1 N–H and O–H groups in total. The highest BCUT2D eigenvalue weighted by atomic mass is 16.5. The topological polar surface area (TPSA) is 37.4 Å². The van der Waals surface area contributed by atoms with Crippen molar-refractivity contribution >= 4 is 5.69 Å². The van der Waals surface area contributed by atoms with Gasteiger partial charge in [-0.1, -0.05) is 13.8 Å². The number of nitrogens with one attached hydrogen (secondary N) is 1. The van der Waals surface area contributed by atoms with Crippen LogP contribution in [0.4, 0.5) is 5.69 Å². The molecule has 21 heavy (non-hydrogen) atoms. The predicted octanol–water partition coefficient (Wildman–Crippen LogP) is 2.89. The minimum atomic E-state index is 0.364. The van der Waals surface area contributed by atoms with E-state index in [0.29, 0.717) is 12.1 Å². The van der Waals surface area contributed by atoms with Crippen molar-refractivity contribution in [1.29, 1.82) is 0 Å². The minimum absolute atomic E-state index is 0.364. The molecule has 0 saturated carbocycles. The van der Waals surface area contributed by atoms with Gasteiger partial charge >= 0.3 is 0 Å². The van der Waals surface area contributed by atoms with E-state index in [2.05, 4.69) is 49.0 Å². The van der Waals surface area contributed by atoms with Crippen molar-refractivity contribution in [1.82, 2.24) is 10.3 Å². The van der Waals surface area contributed by atoms with Gasteiger partial charge in [0.2, 0.25) is 0 Å². The van der Waals surface area contributed by atoms with Crippen LogP contribution in [0.3, 0.4) is 0 Å². The molecule has 1 atom stereocenters. The molecule has 0 bridgehead atoms. The zero-order valence-electron chi connectivity index (χ0n) is 13.9. The quantitative estimate of drug-likeness (QED) is 0.874. The first kappa shape index (κ1) is 16.2. The summed E-state index contributed by atoms with van der Waals surface area (Å²) in [5.41, 5.74) is 3.68. The van der Waals surface area contributed by atoms with E-state index in [4.69, 9.17) is 4.74 Å². The lowest BCUT2D eigenvalue weighted by Crippen LogP contribution is -2.40. The summed E-state index contributed by atoms with van der Waals surface area (Å²) in [6, 6.07) is 2.70. The van der Waals surface area contributed by atoms with E-state index in [9.17, 15) is 0 Å². The summed E-state index contributed by atoms with van der Waals surface area (Å²) < 4.78 is 5.83.